The Kier molecular flexibility index (Phi) is 3.42. The molecule has 2 rings (SSSR count). The maximum atomic E-state index is 11.8. The van der Waals surface area contributed by atoms with E-state index in [0.717, 1.165) is 25.7 Å². The van der Waals surface area contributed by atoms with Gasteiger partial charge in [0.2, 0.25) is 15.9 Å². The highest BCUT2D eigenvalue weighted by molar-refractivity contribution is 7.89. The molecule has 0 radical (unpaired) electrons. The predicted molar refractivity (Wildman–Crippen MR) is 63.5 cm³/mol. The molecule has 1 saturated heterocycles. The zero-order valence-corrected chi connectivity index (χ0v) is 10.5. The van der Waals surface area contributed by atoms with E-state index in [1.807, 2.05) is 0 Å². The lowest BCUT2D eigenvalue weighted by Gasteiger charge is -2.36. The molecule has 2 fully saturated rings. The minimum absolute atomic E-state index is 0.00204. The minimum Gasteiger partial charge on any atom is -0.337 e. The second-order valence-electron chi connectivity index (χ2n) is 4.98. The largest absolute Gasteiger partial charge is 0.337 e. The van der Waals surface area contributed by atoms with Crippen LogP contribution < -0.4 is 10.9 Å². The van der Waals surface area contributed by atoms with Gasteiger partial charge in [0.25, 0.3) is 0 Å². The zero-order chi connectivity index (χ0) is 12.6. The van der Waals surface area contributed by atoms with Gasteiger partial charge in [-0.25, -0.2) is 13.6 Å². The summed E-state index contributed by atoms with van der Waals surface area (Å²) < 4.78 is 22.5. The van der Waals surface area contributed by atoms with E-state index in [1.165, 1.54) is 0 Å². The molecule has 1 amide bonds. The first kappa shape index (κ1) is 12.8. The van der Waals surface area contributed by atoms with Crippen molar-refractivity contribution in [2.24, 2.45) is 10.9 Å². The molecule has 2 aliphatic rings. The van der Waals surface area contributed by atoms with Gasteiger partial charge in [-0.3, -0.25) is 4.79 Å². The SMILES string of the molecule is NC1CCCCC1N1CC(S(N)(=O)=O)CC1=O. The zero-order valence-electron chi connectivity index (χ0n) is 9.71. The van der Waals surface area contributed by atoms with Crippen LogP contribution in [0.15, 0.2) is 0 Å². The van der Waals surface area contributed by atoms with Crippen LogP contribution in [0.2, 0.25) is 0 Å². The van der Waals surface area contributed by atoms with Gasteiger partial charge in [0.1, 0.15) is 5.25 Å². The van der Waals surface area contributed by atoms with Crippen molar-refractivity contribution in [1.82, 2.24) is 4.90 Å². The van der Waals surface area contributed by atoms with Crippen LogP contribution in [0.1, 0.15) is 32.1 Å². The maximum Gasteiger partial charge on any atom is 0.224 e. The number of hydrogen-bond acceptors (Lipinski definition) is 4. The predicted octanol–water partition coefficient (Wildman–Crippen LogP) is -0.854. The third kappa shape index (κ3) is 2.61. The molecule has 0 aromatic carbocycles. The molecule has 0 aromatic heterocycles. The standard InChI is InChI=1S/C10H19N3O3S/c11-8-3-1-2-4-9(8)13-6-7(5-10(13)14)17(12,15)16/h7-9H,1-6,11H2,(H2,12,15,16). The Morgan fingerprint density at radius 3 is 2.41 bits per heavy atom. The van der Waals surface area contributed by atoms with Crippen LogP contribution in [0.4, 0.5) is 0 Å². The van der Waals surface area contributed by atoms with Gasteiger partial charge in [-0.1, -0.05) is 12.8 Å². The Bertz CT molecular complexity index is 409. The molecular formula is C10H19N3O3S. The highest BCUT2D eigenvalue weighted by Crippen LogP contribution is 2.27. The molecule has 1 heterocycles. The minimum atomic E-state index is -3.63. The molecule has 17 heavy (non-hydrogen) atoms. The van der Waals surface area contributed by atoms with Gasteiger partial charge in [-0.15, -0.1) is 0 Å². The fourth-order valence-corrected chi connectivity index (χ4v) is 3.51. The number of carbonyl (C=O) groups excluding carboxylic acids is 1. The van der Waals surface area contributed by atoms with Crippen molar-refractivity contribution in [1.29, 1.82) is 0 Å². The summed E-state index contributed by atoms with van der Waals surface area (Å²) in [6.45, 7) is 0.204. The van der Waals surface area contributed by atoms with E-state index in [-0.39, 0.29) is 31.0 Å². The summed E-state index contributed by atoms with van der Waals surface area (Å²) in [7, 11) is -3.63. The second kappa shape index (κ2) is 4.55. The molecule has 1 aliphatic heterocycles. The average Bonchev–Trinajstić information content (AvgIpc) is 2.61. The highest BCUT2D eigenvalue weighted by atomic mass is 32.2. The maximum absolute atomic E-state index is 11.8. The van der Waals surface area contributed by atoms with Gasteiger partial charge in [-0.05, 0) is 12.8 Å². The van der Waals surface area contributed by atoms with E-state index in [4.69, 9.17) is 10.9 Å². The fourth-order valence-electron chi connectivity index (χ4n) is 2.77. The van der Waals surface area contributed by atoms with Crippen LogP contribution >= 0.6 is 0 Å². The molecule has 3 unspecified atom stereocenters. The number of hydrogen-bond donors (Lipinski definition) is 2. The van der Waals surface area contributed by atoms with Gasteiger partial charge in [0, 0.05) is 25.0 Å². The molecule has 3 atom stereocenters. The molecule has 6 nitrogen and oxygen atoms in total. The summed E-state index contributed by atoms with van der Waals surface area (Å²) >= 11 is 0. The van der Waals surface area contributed by atoms with Gasteiger partial charge in [-0.2, -0.15) is 0 Å². The summed E-state index contributed by atoms with van der Waals surface area (Å²) in [5.74, 6) is -0.133. The Balaban J connectivity index is 2.10. The first-order valence-electron chi connectivity index (χ1n) is 5.96. The third-order valence-electron chi connectivity index (χ3n) is 3.77. The Morgan fingerprint density at radius 2 is 1.88 bits per heavy atom. The number of carbonyl (C=O) groups is 1. The fraction of sp³-hybridized carbons (Fsp3) is 0.900. The molecule has 1 aliphatic carbocycles. The van der Waals surface area contributed by atoms with E-state index < -0.39 is 15.3 Å². The van der Waals surface area contributed by atoms with Crippen molar-refractivity contribution < 1.29 is 13.2 Å². The first-order chi connectivity index (χ1) is 7.89. The Hall–Kier alpha value is -0.660. The van der Waals surface area contributed by atoms with Gasteiger partial charge >= 0.3 is 0 Å². The summed E-state index contributed by atoms with van der Waals surface area (Å²) in [5, 5.41) is 4.33. The van der Waals surface area contributed by atoms with Crippen LogP contribution in [-0.2, 0) is 14.8 Å². The van der Waals surface area contributed by atoms with Crippen molar-refractivity contribution in [3.05, 3.63) is 0 Å². The third-order valence-corrected chi connectivity index (χ3v) is 5.01. The molecule has 7 heteroatoms. The number of amides is 1. The number of nitrogens with zero attached hydrogens (tertiary/aromatic N) is 1. The highest BCUT2D eigenvalue weighted by Gasteiger charge is 2.41. The average molecular weight is 261 g/mol. The van der Waals surface area contributed by atoms with E-state index in [1.54, 1.807) is 4.90 Å². The normalized spacial score (nSPS) is 35.3. The quantitative estimate of drug-likeness (QED) is 0.675. The van der Waals surface area contributed by atoms with Gasteiger partial charge in [0.05, 0.1) is 0 Å². The number of likely N-dealkylation sites (tertiary alicyclic amines) is 1. The van der Waals surface area contributed by atoms with E-state index in [0.29, 0.717) is 0 Å². The van der Waals surface area contributed by atoms with Crippen molar-refractivity contribution >= 4 is 15.9 Å². The van der Waals surface area contributed by atoms with E-state index in [2.05, 4.69) is 0 Å². The molecular weight excluding hydrogens is 242 g/mol. The smallest absolute Gasteiger partial charge is 0.224 e. The van der Waals surface area contributed by atoms with Crippen molar-refractivity contribution in [3.8, 4) is 0 Å². The van der Waals surface area contributed by atoms with Crippen molar-refractivity contribution in [2.75, 3.05) is 6.54 Å². The first-order valence-corrected chi connectivity index (χ1v) is 7.57. The number of sulfonamides is 1. The summed E-state index contributed by atoms with van der Waals surface area (Å²) in [5.41, 5.74) is 6.00. The van der Waals surface area contributed by atoms with Crippen molar-refractivity contribution in [2.45, 2.75) is 49.4 Å². The number of primary sulfonamides is 1. The summed E-state index contributed by atoms with van der Waals surface area (Å²) in [6.07, 6.45) is 3.89. The Labute approximate surface area is 101 Å². The van der Waals surface area contributed by atoms with Crippen molar-refractivity contribution in [3.63, 3.8) is 0 Å². The topological polar surface area (TPSA) is 106 Å². The van der Waals surface area contributed by atoms with Gasteiger partial charge in [0.15, 0.2) is 0 Å². The Morgan fingerprint density at radius 1 is 1.24 bits per heavy atom. The lowest BCUT2D eigenvalue weighted by molar-refractivity contribution is -0.130. The lowest BCUT2D eigenvalue weighted by Crippen LogP contribution is -2.50. The molecule has 0 spiro atoms. The monoisotopic (exact) mass is 261 g/mol. The molecule has 1 saturated carbocycles. The molecule has 98 valence electrons. The van der Waals surface area contributed by atoms with Crippen LogP contribution in [-0.4, -0.2) is 43.1 Å². The summed E-state index contributed by atoms with van der Waals surface area (Å²) in [6, 6.07) is -0.0464. The van der Waals surface area contributed by atoms with Crippen LogP contribution in [0.3, 0.4) is 0 Å². The van der Waals surface area contributed by atoms with Crippen LogP contribution in [0.5, 0.6) is 0 Å². The number of nitrogens with two attached hydrogens (primary N) is 2. The summed E-state index contributed by atoms with van der Waals surface area (Å²) in [4.78, 5) is 13.5. The lowest BCUT2D eigenvalue weighted by atomic mass is 9.90. The van der Waals surface area contributed by atoms with E-state index in [9.17, 15) is 13.2 Å². The van der Waals surface area contributed by atoms with E-state index >= 15 is 0 Å². The van der Waals surface area contributed by atoms with Gasteiger partial charge < -0.3 is 10.6 Å². The van der Waals surface area contributed by atoms with Crippen LogP contribution in [0.25, 0.3) is 0 Å². The molecule has 0 aromatic rings. The molecule has 4 N–H and O–H groups in total. The number of rotatable bonds is 2. The van der Waals surface area contributed by atoms with Crippen LogP contribution in [0, 0.1) is 0 Å². The second-order valence-corrected chi connectivity index (χ2v) is 6.82. The molecule has 0 bridgehead atoms.